The van der Waals surface area contributed by atoms with Crippen molar-refractivity contribution in [1.82, 2.24) is 19.2 Å². The fraction of sp³-hybridized carbons (Fsp3) is 0.357. The number of likely N-dealkylation sites (tertiary alicyclic amines) is 1. The van der Waals surface area contributed by atoms with Crippen molar-refractivity contribution < 1.29 is 4.79 Å². The molecule has 2 aromatic heterocycles. The summed E-state index contributed by atoms with van der Waals surface area (Å²) < 4.78 is 2.08. The number of aromatic nitrogens is 2. The number of carbonyl (C=O) groups excluding carboxylic acids is 1. The Balaban J connectivity index is 1.46. The first-order valence-corrected chi connectivity index (χ1v) is 12.1. The Morgan fingerprint density at radius 2 is 1.91 bits per heavy atom. The number of aryl methyl sites for hydroxylation is 2. The molecule has 5 heteroatoms. The van der Waals surface area contributed by atoms with E-state index < -0.39 is 0 Å². The van der Waals surface area contributed by atoms with Crippen LogP contribution in [0.3, 0.4) is 0 Å². The highest BCUT2D eigenvalue weighted by atomic mass is 16.2. The molecule has 0 spiro atoms. The first-order chi connectivity index (χ1) is 16.1. The zero-order valence-electron chi connectivity index (χ0n) is 19.8. The van der Waals surface area contributed by atoms with Gasteiger partial charge in [0.1, 0.15) is 5.65 Å². The smallest absolute Gasteiger partial charge is 0.255 e. The molecule has 0 N–H and O–H groups in total. The molecule has 0 bridgehead atoms. The fourth-order valence-electron chi connectivity index (χ4n) is 5.07. The third-order valence-corrected chi connectivity index (χ3v) is 7.03. The summed E-state index contributed by atoms with van der Waals surface area (Å²) in [6.45, 7) is 9.75. The number of pyridine rings is 1. The molecule has 0 aromatic carbocycles. The highest BCUT2D eigenvalue weighted by Gasteiger charge is 2.25. The lowest BCUT2D eigenvalue weighted by Crippen LogP contribution is -2.35. The van der Waals surface area contributed by atoms with E-state index in [0.29, 0.717) is 5.92 Å². The Kier molecular flexibility index (Phi) is 5.90. The number of hydrogen-bond donors (Lipinski definition) is 0. The first-order valence-electron chi connectivity index (χ1n) is 12.1. The van der Waals surface area contributed by atoms with Gasteiger partial charge in [-0.2, -0.15) is 0 Å². The molecule has 0 atom stereocenters. The van der Waals surface area contributed by atoms with Gasteiger partial charge >= 0.3 is 0 Å². The second kappa shape index (κ2) is 8.99. The third-order valence-electron chi connectivity index (χ3n) is 7.03. The molecule has 1 fully saturated rings. The van der Waals surface area contributed by atoms with Crippen LogP contribution in [0.15, 0.2) is 72.4 Å². The number of imidazole rings is 1. The summed E-state index contributed by atoms with van der Waals surface area (Å²) in [6.07, 6.45) is 21.5. The second-order valence-electron chi connectivity index (χ2n) is 9.15. The summed E-state index contributed by atoms with van der Waals surface area (Å²) in [5, 5.41) is 0. The maximum Gasteiger partial charge on any atom is 0.255 e. The van der Waals surface area contributed by atoms with Gasteiger partial charge in [0.2, 0.25) is 0 Å². The van der Waals surface area contributed by atoms with Crippen LogP contribution in [0.5, 0.6) is 0 Å². The van der Waals surface area contributed by atoms with Gasteiger partial charge in [0.25, 0.3) is 5.91 Å². The van der Waals surface area contributed by atoms with Crippen LogP contribution in [0.25, 0.3) is 11.2 Å². The summed E-state index contributed by atoms with van der Waals surface area (Å²) >= 11 is 0. The molecular weight excluding hydrogens is 408 g/mol. The number of carbonyl (C=O) groups is 1. The lowest BCUT2D eigenvalue weighted by atomic mass is 9.88. The largest absolute Gasteiger partial charge is 0.306 e. The molecule has 0 aliphatic carbocycles. The summed E-state index contributed by atoms with van der Waals surface area (Å²) in [7, 11) is 0. The van der Waals surface area contributed by atoms with Crippen molar-refractivity contribution in [3.05, 3.63) is 89.2 Å². The number of fused-ring (bicyclic) bond motifs is 2. The van der Waals surface area contributed by atoms with Crippen molar-refractivity contribution in [2.45, 2.75) is 40.0 Å². The average molecular weight is 441 g/mol. The zero-order valence-corrected chi connectivity index (χ0v) is 19.8. The lowest BCUT2D eigenvalue weighted by Gasteiger charge is -2.34. The predicted octanol–water partition coefficient (Wildman–Crippen LogP) is 5.06. The van der Waals surface area contributed by atoms with Gasteiger partial charge in [0, 0.05) is 30.4 Å². The van der Waals surface area contributed by atoms with Crippen molar-refractivity contribution in [3.8, 4) is 0 Å². The maximum atomic E-state index is 13.4. The van der Waals surface area contributed by atoms with Gasteiger partial charge in [0.05, 0.1) is 5.69 Å². The molecule has 5 rings (SSSR count). The minimum Gasteiger partial charge on any atom is -0.306 e. The van der Waals surface area contributed by atoms with Crippen molar-refractivity contribution >= 4 is 17.1 Å². The van der Waals surface area contributed by atoms with Gasteiger partial charge in [0.15, 0.2) is 0 Å². The van der Waals surface area contributed by atoms with Crippen molar-refractivity contribution in [2.24, 2.45) is 5.92 Å². The van der Waals surface area contributed by atoms with Crippen LogP contribution >= 0.6 is 0 Å². The lowest BCUT2D eigenvalue weighted by molar-refractivity contribution is -0.122. The van der Waals surface area contributed by atoms with E-state index in [1.807, 2.05) is 36.2 Å². The minimum atomic E-state index is -0.00611. The molecule has 5 nitrogen and oxygen atoms in total. The maximum absolute atomic E-state index is 13.4. The van der Waals surface area contributed by atoms with Crippen LogP contribution in [0, 0.1) is 12.8 Å². The van der Waals surface area contributed by atoms with Gasteiger partial charge in [-0.1, -0.05) is 32.1 Å². The van der Waals surface area contributed by atoms with E-state index in [1.165, 1.54) is 11.1 Å². The van der Waals surface area contributed by atoms with E-state index in [1.54, 1.807) is 6.08 Å². The van der Waals surface area contributed by atoms with Crippen LogP contribution in [0.4, 0.5) is 0 Å². The number of rotatable bonds is 4. The topological polar surface area (TPSA) is 40.9 Å². The standard InChI is InChI=1S/C28H32N4O/c1-4-21-15-25(18-31-17-20(3)29-28(21)31)23-7-6-8-26-10-9-24(19-32(26)27(33)16-23)22-11-13-30(5-2)14-12-22/h6-10,15-19,22H,4-5,11-14H2,1-3H3/b7-6+,23-16+,26-8+. The Morgan fingerprint density at radius 3 is 2.67 bits per heavy atom. The number of nitrogens with zero attached hydrogens (tertiary/aromatic N) is 4. The van der Waals surface area contributed by atoms with Gasteiger partial charge < -0.3 is 9.30 Å². The quantitative estimate of drug-likeness (QED) is 0.668. The summed E-state index contributed by atoms with van der Waals surface area (Å²) in [5.74, 6) is 0.509. The molecule has 0 radical (unpaired) electrons. The first kappa shape index (κ1) is 21.7. The number of hydrogen-bond acceptors (Lipinski definition) is 3. The van der Waals surface area contributed by atoms with E-state index in [4.69, 9.17) is 0 Å². The zero-order chi connectivity index (χ0) is 22.9. The monoisotopic (exact) mass is 440 g/mol. The highest BCUT2D eigenvalue weighted by molar-refractivity contribution is 6.00. The molecule has 5 heterocycles. The second-order valence-corrected chi connectivity index (χ2v) is 9.15. The van der Waals surface area contributed by atoms with Gasteiger partial charge in [-0.25, -0.2) is 4.98 Å². The van der Waals surface area contributed by atoms with Gasteiger partial charge in [-0.3, -0.25) is 9.69 Å². The molecule has 2 aromatic rings. The van der Waals surface area contributed by atoms with Crippen LogP contribution in [0.2, 0.25) is 0 Å². The van der Waals surface area contributed by atoms with Crippen molar-refractivity contribution in [1.29, 1.82) is 0 Å². The summed E-state index contributed by atoms with van der Waals surface area (Å²) in [5.41, 5.74) is 7.29. The van der Waals surface area contributed by atoms with Crippen LogP contribution in [-0.2, 0) is 11.2 Å². The molecular formula is C28H32N4O. The van der Waals surface area contributed by atoms with Gasteiger partial charge in [-0.05, 0) is 92.2 Å². The molecule has 3 aliphatic heterocycles. The molecule has 0 unspecified atom stereocenters. The molecule has 1 amide bonds. The Bertz CT molecular complexity index is 1230. The SMILES string of the molecule is CCc1cc(C2=C\C(=O)N3C=C(C4CCN(CC)CC4)C=C\C3=C/C=C/2)cn2cc(C)nc12. The van der Waals surface area contributed by atoms with E-state index in [-0.39, 0.29) is 5.91 Å². The molecule has 33 heavy (non-hydrogen) atoms. The van der Waals surface area contributed by atoms with E-state index in [9.17, 15) is 4.79 Å². The average Bonchev–Trinajstić information content (AvgIpc) is 3.21. The van der Waals surface area contributed by atoms with Gasteiger partial charge in [-0.15, -0.1) is 0 Å². The Morgan fingerprint density at radius 1 is 1.09 bits per heavy atom. The van der Waals surface area contributed by atoms with Crippen molar-refractivity contribution in [2.75, 3.05) is 19.6 Å². The van der Waals surface area contributed by atoms with Crippen LogP contribution < -0.4 is 0 Å². The fourth-order valence-corrected chi connectivity index (χ4v) is 5.07. The Hall–Kier alpha value is -3.18. The number of amides is 1. The van der Waals surface area contributed by atoms with E-state index in [2.05, 4.69) is 58.7 Å². The van der Waals surface area contributed by atoms with Crippen LogP contribution in [-0.4, -0.2) is 44.7 Å². The van der Waals surface area contributed by atoms with E-state index >= 15 is 0 Å². The number of piperidine rings is 1. The van der Waals surface area contributed by atoms with Crippen molar-refractivity contribution in [3.63, 3.8) is 0 Å². The van der Waals surface area contributed by atoms with Crippen LogP contribution in [0.1, 0.15) is 43.5 Å². The summed E-state index contributed by atoms with van der Waals surface area (Å²) in [6, 6.07) is 2.16. The molecule has 0 saturated carbocycles. The van der Waals surface area contributed by atoms with E-state index in [0.717, 1.165) is 67.1 Å². The number of allylic oxidation sites excluding steroid dienone is 7. The Labute approximate surface area is 196 Å². The summed E-state index contributed by atoms with van der Waals surface area (Å²) in [4.78, 5) is 22.4. The molecule has 1 saturated heterocycles. The normalized spacial score (nSPS) is 23.9. The highest BCUT2D eigenvalue weighted by Crippen LogP contribution is 2.31. The third kappa shape index (κ3) is 4.25. The minimum absolute atomic E-state index is 0.00611. The predicted molar refractivity (Wildman–Crippen MR) is 133 cm³/mol. The molecule has 170 valence electrons. The molecule has 3 aliphatic rings.